The van der Waals surface area contributed by atoms with Crippen LogP contribution in [0.5, 0.6) is 0 Å². The second kappa shape index (κ2) is 7.26. The molecule has 1 aromatic carbocycles. The molecule has 0 spiro atoms. The fraction of sp³-hybridized carbons (Fsp3) is 0.0588. The summed E-state index contributed by atoms with van der Waals surface area (Å²) in [5.74, 6) is 0.230. The third kappa shape index (κ3) is 3.66. The number of carbonyl (C=O) groups is 1. The van der Waals surface area contributed by atoms with Crippen molar-refractivity contribution in [3.63, 3.8) is 0 Å². The number of pyridine rings is 1. The molecule has 4 aromatic rings. The lowest BCUT2D eigenvalue weighted by Gasteiger charge is -2.06. The Morgan fingerprint density at radius 1 is 1.33 bits per heavy atom. The van der Waals surface area contributed by atoms with E-state index in [-0.39, 0.29) is 17.9 Å². The summed E-state index contributed by atoms with van der Waals surface area (Å²) in [4.78, 5) is 31.7. The third-order valence-electron chi connectivity index (χ3n) is 3.89. The molecule has 3 N–H and O–H groups in total. The van der Waals surface area contributed by atoms with Crippen LogP contribution in [0.4, 0.5) is 5.00 Å². The van der Waals surface area contributed by atoms with Gasteiger partial charge in [0.25, 0.3) is 5.56 Å². The van der Waals surface area contributed by atoms with Crippen LogP contribution in [0.3, 0.4) is 0 Å². The number of carbonyl (C=O) groups excluding carboxylic acids is 1. The minimum absolute atomic E-state index is 0.0663. The number of anilines is 1. The van der Waals surface area contributed by atoms with Gasteiger partial charge in [0.1, 0.15) is 11.3 Å². The lowest BCUT2D eigenvalue weighted by molar-refractivity contribution is -0.115. The van der Waals surface area contributed by atoms with Crippen molar-refractivity contribution in [3.05, 3.63) is 61.4 Å². The van der Waals surface area contributed by atoms with Gasteiger partial charge in [-0.1, -0.05) is 11.6 Å². The van der Waals surface area contributed by atoms with Gasteiger partial charge in [-0.2, -0.15) is 5.10 Å². The van der Waals surface area contributed by atoms with Crippen molar-refractivity contribution in [2.45, 2.75) is 6.42 Å². The number of amides is 1. The Bertz CT molecular complexity index is 1200. The molecule has 0 fully saturated rings. The topological polar surface area (TPSA) is 104 Å². The van der Waals surface area contributed by atoms with E-state index in [4.69, 9.17) is 11.6 Å². The number of benzene rings is 1. The van der Waals surface area contributed by atoms with Crippen LogP contribution in [-0.4, -0.2) is 26.1 Å². The molecule has 3 heterocycles. The van der Waals surface area contributed by atoms with Crippen LogP contribution >= 0.6 is 38.9 Å². The number of nitrogens with one attached hydrogen (secondary N) is 3. The van der Waals surface area contributed by atoms with Crippen LogP contribution in [0.1, 0.15) is 5.56 Å². The van der Waals surface area contributed by atoms with Gasteiger partial charge in [-0.3, -0.25) is 14.7 Å². The molecular formula is C17H11BrClN5O2S. The number of hydrogen-bond acceptors (Lipinski definition) is 5. The molecule has 0 radical (unpaired) electrons. The van der Waals surface area contributed by atoms with Gasteiger partial charge in [0.2, 0.25) is 5.91 Å². The Hall–Kier alpha value is -2.49. The predicted molar refractivity (Wildman–Crippen MR) is 109 cm³/mol. The Morgan fingerprint density at radius 3 is 2.96 bits per heavy atom. The van der Waals surface area contributed by atoms with E-state index in [0.29, 0.717) is 32.5 Å². The van der Waals surface area contributed by atoms with E-state index < -0.39 is 0 Å². The normalized spacial score (nSPS) is 11.0. The average molecular weight is 465 g/mol. The number of thiophene rings is 1. The first kappa shape index (κ1) is 17.9. The van der Waals surface area contributed by atoms with Crippen molar-refractivity contribution in [2.75, 3.05) is 5.32 Å². The van der Waals surface area contributed by atoms with Gasteiger partial charge >= 0.3 is 0 Å². The Balaban J connectivity index is 1.60. The first-order chi connectivity index (χ1) is 13.0. The Morgan fingerprint density at radius 2 is 2.19 bits per heavy atom. The molecule has 0 saturated carbocycles. The molecule has 0 aliphatic carbocycles. The number of rotatable bonds is 4. The molecule has 3 aromatic heterocycles. The van der Waals surface area contributed by atoms with Crippen molar-refractivity contribution in [2.24, 2.45) is 0 Å². The zero-order chi connectivity index (χ0) is 19.0. The van der Waals surface area contributed by atoms with Crippen LogP contribution in [-0.2, 0) is 11.2 Å². The minimum Gasteiger partial charge on any atom is -0.322 e. The molecule has 10 heteroatoms. The highest BCUT2D eigenvalue weighted by Crippen LogP contribution is 2.38. The number of H-pyrrole nitrogens is 2. The SMILES string of the molecule is O=C(Cc1cc2cc(Cl)ccc2[nH]c1=O)Nc1scc(Br)c1-c1ncn[nH]1. The second-order valence-electron chi connectivity index (χ2n) is 5.70. The monoisotopic (exact) mass is 463 g/mol. The van der Waals surface area contributed by atoms with Crippen LogP contribution in [0.25, 0.3) is 22.3 Å². The van der Waals surface area contributed by atoms with Gasteiger partial charge in [-0.15, -0.1) is 11.3 Å². The predicted octanol–water partition coefficient (Wildman–Crippen LogP) is 3.97. The largest absolute Gasteiger partial charge is 0.322 e. The smallest absolute Gasteiger partial charge is 0.252 e. The summed E-state index contributed by atoms with van der Waals surface area (Å²) in [6, 6.07) is 6.86. The maximum Gasteiger partial charge on any atom is 0.252 e. The molecule has 0 aliphatic rings. The van der Waals surface area contributed by atoms with Crippen molar-refractivity contribution in [1.82, 2.24) is 20.2 Å². The van der Waals surface area contributed by atoms with E-state index >= 15 is 0 Å². The molecule has 1 amide bonds. The van der Waals surface area contributed by atoms with Gasteiger partial charge in [-0.25, -0.2) is 4.98 Å². The van der Waals surface area contributed by atoms with Gasteiger partial charge in [0, 0.05) is 26.0 Å². The van der Waals surface area contributed by atoms with E-state index in [2.05, 4.69) is 41.4 Å². The van der Waals surface area contributed by atoms with Gasteiger partial charge in [0.05, 0.1) is 12.0 Å². The zero-order valence-corrected chi connectivity index (χ0v) is 16.7. The third-order valence-corrected chi connectivity index (χ3v) is 5.94. The highest BCUT2D eigenvalue weighted by atomic mass is 79.9. The number of nitrogens with zero attached hydrogens (tertiary/aromatic N) is 2. The highest BCUT2D eigenvalue weighted by Gasteiger charge is 2.17. The molecule has 0 bridgehead atoms. The molecule has 4 rings (SSSR count). The number of fused-ring (bicyclic) bond motifs is 1. The van der Waals surface area contributed by atoms with Crippen molar-refractivity contribution in [1.29, 1.82) is 0 Å². The number of aromatic nitrogens is 4. The summed E-state index contributed by atoms with van der Waals surface area (Å²) in [6.45, 7) is 0. The van der Waals surface area contributed by atoms with Crippen LogP contribution in [0.15, 0.2) is 45.2 Å². The first-order valence-electron chi connectivity index (χ1n) is 7.75. The van der Waals surface area contributed by atoms with Crippen LogP contribution in [0.2, 0.25) is 5.02 Å². The first-order valence-corrected chi connectivity index (χ1v) is 9.80. The van der Waals surface area contributed by atoms with E-state index in [9.17, 15) is 9.59 Å². The average Bonchev–Trinajstić information content (AvgIpc) is 3.26. The Kier molecular flexibility index (Phi) is 4.81. The maximum absolute atomic E-state index is 12.5. The Labute approximate surface area is 169 Å². The maximum atomic E-state index is 12.5. The fourth-order valence-corrected chi connectivity index (χ4v) is 4.49. The van der Waals surface area contributed by atoms with Crippen molar-refractivity contribution < 1.29 is 4.79 Å². The van der Waals surface area contributed by atoms with Gasteiger partial charge in [-0.05, 0) is 45.6 Å². The van der Waals surface area contributed by atoms with Crippen molar-refractivity contribution >= 4 is 60.7 Å². The van der Waals surface area contributed by atoms with E-state index in [1.165, 1.54) is 17.7 Å². The number of hydrogen-bond donors (Lipinski definition) is 3. The molecule has 0 saturated heterocycles. The van der Waals surface area contributed by atoms with Crippen molar-refractivity contribution in [3.8, 4) is 11.4 Å². The molecule has 0 atom stereocenters. The lowest BCUT2D eigenvalue weighted by Crippen LogP contribution is -2.20. The molecule has 0 aliphatic heterocycles. The fourth-order valence-electron chi connectivity index (χ4n) is 2.67. The molecule has 27 heavy (non-hydrogen) atoms. The van der Waals surface area contributed by atoms with Gasteiger partial charge < -0.3 is 10.3 Å². The van der Waals surface area contributed by atoms with E-state index in [0.717, 1.165) is 9.86 Å². The lowest BCUT2D eigenvalue weighted by atomic mass is 10.1. The molecule has 0 unspecified atom stereocenters. The summed E-state index contributed by atoms with van der Waals surface area (Å²) >= 11 is 10.8. The number of halogens is 2. The standard InChI is InChI=1S/C17H11BrClN5O2S/c18-11-6-27-17(14(11)15-20-7-21-24-15)23-13(25)5-9-3-8-4-10(19)1-2-12(8)22-16(9)26/h1-4,6-7H,5H2,(H,22,26)(H,23,25)(H,20,21,24). The highest BCUT2D eigenvalue weighted by molar-refractivity contribution is 9.10. The molecule has 136 valence electrons. The second-order valence-corrected chi connectivity index (χ2v) is 7.87. The van der Waals surface area contributed by atoms with Crippen LogP contribution < -0.4 is 10.9 Å². The van der Waals surface area contributed by atoms with E-state index in [1.807, 2.05) is 5.38 Å². The summed E-state index contributed by atoms with van der Waals surface area (Å²) < 4.78 is 0.790. The summed E-state index contributed by atoms with van der Waals surface area (Å²) in [5, 5.41) is 13.2. The van der Waals surface area contributed by atoms with Crippen LogP contribution in [0, 0.1) is 0 Å². The summed E-state index contributed by atoms with van der Waals surface area (Å²) in [6.07, 6.45) is 1.33. The summed E-state index contributed by atoms with van der Waals surface area (Å²) in [5.41, 5.74) is 1.44. The minimum atomic E-state index is -0.308. The quantitative estimate of drug-likeness (QED) is 0.425. The molecular weight excluding hydrogens is 454 g/mol. The van der Waals surface area contributed by atoms with E-state index in [1.54, 1.807) is 24.3 Å². The van der Waals surface area contributed by atoms with Gasteiger partial charge in [0.15, 0.2) is 5.82 Å². The zero-order valence-electron chi connectivity index (χ0n) is 13.5. The summed E-state index contributed by atoms with van der Waals surface area (Å²) in [7, 11) is 0. The number of aromatic amines is 2. The molecule has 7 nitrogen and oxygen atoms in total.